The van der Waals surface area contributed by atoms with Gasteiger partial charge >= 0.3 is 0 Å². The highest BCUT2D eigenvalue weighted by Gasteiger charge is 2.44. The topological polar surface area (TPSA) is 119 Å². The van der Waals surface area contributed by atoms with Crippen LogP contribution >= 0.6 is 11.8 Å². The van der Waals surface area contributed by atoms with Crippen molar-refractivity contribution in [2.24, 2.45) is 5.11 Å². The summed E-state index contributed by atoms with van der Waals surface area (Å²) in [5, 5.41) is 32.7. The van der Waals surface area contributed by atoms with E-state index in [2.05, 4.69) is 10.0 Å². The second-order valence-corrected chi connectivity index (χ2v) is 5.50. The minimum absolute atomic E-state index is 0.419. The summed E-state index contributed by atoms with van der Waals surface area (Å²) in [6.07, 6.45) is -3.29. The fourth-order valence-electron chi connectivity index (χ4n) is 1.99. The number of nitrogens with zero attached hydrogens (tertiary/aromatic N) is 3. The van der Waals surface area contributed by atoms with Crippen LogP contribution in [-0.2, 0) is 4.74 Å². The van der Waals surface area contributed by atoms with E-state index in [1.807, 2.05) is 30.3 Å². The monoisotopic (exact) mass is 297 g/mol. The third-order valence-corrected chi connectivity index (χ3v) is 4.20. The number of aliphatic hydroxyl groups excluding tert-OH is 3. The quantitative estimate of drug-likeness (QED) is 0.433. The van der Waals surface area contributed by atoms with E-state index in [1.54, 1.807) is 0 Å². The van der Waals surface area contributed by atoms with E-state index >= 15 is 0 Å². The lowest BCUT2D eigenvalue weighted by Gasteiger charge is -2.40. The van der Waals surface area contributed by atoms with Gasteiger partial charge in [0.05, 0.1) is 18.8 Å². The highest BCUT2D eigenvalue weighted by molar-refractivity contribution is 7.99. The Kier molecular flexibility index (Phi) is 5.24. The molecule has 1 aromatic carbocycles. The molecule has 0 saturated carbocycles. The van der Waals surface area contributed by atoms with E-state index in [9.17, 15) is 15.3 Å². The Morgan fingerprint density at radius 2 is 1.95 bits per heavy atom. The lowest BCUT2D eigenvalue weighted by Crippen LogP contribution is -2.56. The molecule has 1 aliphatic rings. The maximum atomic E-state index is 10.2. The van der Waals surface area contributed by atoms with E-state index in [0.29, 0.717) is 0 Å². The van der Waals surface area contributed by atoms with Crippen LogP contribution in [0.1, 0.15) is 0 Å². The highest BCUT2D eigenvalue weighted by atomic mass is 32.2. The molecule has 0 radical (unpaired) electrons. The number of aliphatic hydroxyl groups is 3. The Balaban J connectivity index is 2.17. The first-order chi connectivity index (χ1) is 9.67. The maximum absolute atomic E-state index is 10.2. The van der Waals surface area contributed by atoms with Gasteiger partial charge in [-0.3, -0.25) is 0 Å². The molecule has 0 amide bonds. The lowest BCUT2D eigenvalue weighted by atomic mass is 9.98. The Morgan fingerprint density at radius 3 is 2.55 bits per heavy atom. The van der Waals surface area contributed by atoms with Crippen molar-refractivity contribution < 1.29 is 20.1 Å². The van der Waals surface area contributed by atoms with Gasteiger partial charge in [0.15, 0.2) is 0 Å². The lowest BCUT2D eigenvalue weighted by molar-refractivity contribution is -0.159. The number of azide groups is 1. The summed E-state index contributed by atoms with van der Waals surface area (Å²) < 4.78 is 5.47. The zero-order chi connectivity index (χ0) is 14.5. The highest BCUT2D eigenvalue weighted by Crippen LogP contribution is 2.34. The van der Waals surface area contributed by atoms with Gasteiger partial charge in [-0.25, -0.2) is 0 Å². The van der Waals surface area contributed by atoms with Crippen molar-refractivity contribution in [3.8, 4) is 0 Å². The molecule has 0 bridgehead atoms. The molecule has 0 aliphatic carbocycles. The number of benzene rings is 1. The predicted molar refractivity (Wildman–Crippen MR) is 73.0 cm³/mol. The van der Waals surface area contributed by atoms with E-state index in [-0.39, 0.29) is 0 Å². The first-order valence-electron chi connectivity index (χ1n) is 6.05. The van der Waals surface area contributed by atoms with Crippen LogP contribution in [-0.4, -0.2) is 51.7 Å². The van der Waals surface area contributed by atoms with E-state index in [4.69, 9.17) is 10.3 Å². The van der Waals surface area contributed by atoms with Crippen molar-refractivity contribution in [3.63, 3.8) is 0 Å². The first kappa shape index (κ1) is 15.1. The van der Waals surface area contributed by atoms with Crippen molar-refractivity contribution in [1.82, 2.24) is 0 Å². The molecule has 1 fully saturated rings. The Labute approximate surface area is 119 Å². The first-order valence-corrected chi connectivity index (χ1v) is 6.93. The zero-order valence-corrected chi connectivity index (χ0v) is 11.3. The Morgan fingerprint density at radius 1 is 1.25 bits per heavy atom. The molecule has 2 rings (SSSR count). The molecule has 20 heavy (non-hydrogen) atoms. The van der Waals surface area contributed by atoms with Crippen LogP contribution in [0.5, 0.6) is 0 Å². The molecule has 0 spiro atoms. The SMILES string of the molecule is [N-]=[N+]=N[C@@H]1C(O)[C@H](Sc2ccccc2)OC(CO)[C@@H]1O. The minimum Gasteiger partial charge on any atom is -0.394 e. The normalized spacial score (nSPS) is 33.5. The van der Waals surface area contributed by atoms with Gasteiger partial charge in [0.1, 0.15) is 17.6 Å². The van der Waals surface area contributed by atoms with Crippen LogP contribution in [0.15, 0.2) is 40.3 Å². The van der Waals surface area contributed by atoms with Gasteiger partial charge in [0.2, 0.25) is 0 Å². The van der Waals surface area contributed by atoms with Crippen LogP contribution in [0.3, 0.4) is 0 Å². The fourth-order valence-corrected chi connectivity index (χ4v) is 3.08. The van der Waals surface area contributed by atoms with Gasteiger partial charge in [-0.15, -0.1) is 0 Å². The van der Waals surface area contributed by atoms with E-state index < -0.39 is 36.4 Å². The fraction of sp³-hybridized carbons (Fsp3) is 0.500. The smallest absolute Gasteiger partial charge is 0.134 e. The summed E-state index contributed by atoms with van der Waals surface area (Å²) in [6.45, 7) is -0.419. The Hall–Kier alpha value is -1.28. The van der Waals surface area contributed by atoms with Gasteiger partial charge in [-0.05, 0) is 17.7 Å². The van der Waals surface area contributed by atoms with Gasteiger partial charge in [-0.2, -0.15) is 0 Å². The molecule has 5 atom stereocenters. The van der Waals surface area contributed by atoms with Crippen LogP contribution in [0.25, 0.3) is 10.4 Å². The van der Waals surface area contributed by atoms with Crippen molar-refractivity contribution in [1.29, 1.82) is 0 Å². The summed E-state index contributed by atoms with van der Waals surface area (Å²) in [4.78, 5) is 3.49. The molecule has 1 aromatic rings. The van der Waals surface area contributed by atoms with Crippen molar-refractivity contribution in [3.05, 3.63) is 40.8 Å². The molecule has 3 N–H and O–H groups in total. The van der Waals surface area contributed by atoms with Crippen molar-refractivity contribution in [2.45, 2.75) is 34.7 Å². The van der Waals surface area contributed by atoms with E-state index in [1.165, 1.54) is 11.8 Å². The van der Waals surface area contributed by atoms with Crippen LogP contribution in [0, 0.1) is 0 Å². The molecule has 7 nitrogen and oxygen atoms in total. The number of hydrogen-bond acceptors (Lipinski definition) is 6. The van der Waals surface area contributed by atoms with Gasteiger partial charge in [0.25, 0.3) is 0 Å². The summed E-state index contributed by atoms with van der Waals surface area (Å²) in [5.41, 5.74) is 7.79. The molecule has 8 heteroatoms. The standard InChI is InChI=1S/C12H15N3O4S/c13-15-14-9-10(17)8(6-16)19-12(11(9)18)20-7-4-2-1-3-5-7/h1-5,8-12,16-18H,6H2/t8?,9-,10-,11?,12-/m0/s1. The molecule has 1 aliphatic heterocycles. The average Bonchev–Trinajstić information content (AvgIpc) is 2.47. The van der Waals surface area contributed by atoms with Gasteiger partial charge in [-0.1, -0.05) is 35.1 Å². The summed E-state index contributed by atoms with van der Waals surface area (Å²) in [5.74, 6) is 0. The number of rotatable bonds is 4. The molecule has 2 unspecified atom stereocenters. The number of ether oxygens (including phenoxy) is 1. The number of thioether (sulfide) groups is 1. The molecule has 1 heterocycles. The van der Waals surface area contributed by atoms with Crippen LogP contribution < -0.4 is 0 Å². The van der Waals surface area contributed by atoms with Gasteiger partial charge in [0, 0.05) is 9.81 Å². The molecular formula is C12H15N3O4S. The Bertz CT molecular complexity index is 483. The second kappa shape index (κ2) is 6.94. The van der Waals surface area contributed by atoms with E-state index in [0.717, 1.165) is 4.90 Å². The third-order valence-electron chi connectivity index (χ3n) is 3.03. The minimum atomic E-state index is -1.24. The predicted octanol–water partition coefficient (Wildman–Crippen LogP) is 0.897. The largest absolute Gasteiger partial charge is 0.394 e. The molecule has 1 saturated heterocycles. The van der Waals surface area contributed by atoms with Gasteiger partial charge < -0.3 is 20.1 Å². The molecule has 0 aromatic heterocycles. The van der Waals surface area contributed by atoms with Crippen molar-refractivity contribution >= 4 is 11.8 Å². The number of hydrogen-bond donors (Lipinski definition) is 3. The summed E-state index contributed by atoms with van der Waals surface area (Å²) in [7, 11) is 0. The van der Waals surface area contributed by atoms with Crippen LogP contribution in [0.4, 0.5) is 0 Å². The third kappa shape index (κ3) is 3.24. The zero-order valence-electron chi connectivity index (χ0n) is 10.5. The van der Waals surface area contributed by atoms with Crippen molar-refractivity contribution in [2.75, 3.05) is 6.61 Å². The summed E-state index contributed by atoms with van der Waals surface area (Å²) in [6, 6.07) is 8.21. The average molecular weight is 297 g/mol. The second-order valence-electron chi connectivity index (χ2n) is 4.33. The maximum Gasteiger partial charge on any atom is 0.134 e. The molecular weight excluding hydrogens is 282 g/mol. The molecule has 108 valence electrons. The van der Waals surface area contributed by atoms with Crippen LogP contribution in [0.2, 0.25) is 0 Å². The summed E-state index contributed by atoms with van der Waals surface area (Å²) >= 11 is 1.25.